The molecular formula is C32H41IN8O7. The van der Waals surface area contributed by atoms with Gasteiger partial charge in [0.2, 0.25) is 29.5 Å². The van der Waals surface area contributed by atoms with Crippen LogP contribution in [0, 0.1) is 3.57 Å². The standard InChI is InChI=1S/C32H41IN8O7/c1-18(42)38-23(7-4-14-37-32(35)36)28(44)39-24(12-13-27(34)43)29(45)40-25(15-19-8-10-22(33)11-9-19)30(46)41-17-21-6-3-2-5-20(21)16-26(41)31(47)48/h2-3,5-6,8-11,23-26H,4,7,12-17H2,1H3,(H2,34,43)(H,38,42)(H,39,44)(H,40,45)(H,47,48)(H4,35,36,37)/t23-,24-,25+,26+/m0/s1. The molecule has 1 heterocycles. The van der Waals surface area contributed by atoms with Crippen molar-refractivity contribution in [3.05, 3.63) is 68.8 Å². The van der Waals surface area contributed by atoms with Gasteiger partial charge in [0.15, 0.2) is 5.96 Å². The average molecular weight is 777 g/mol. The van der Waals surface area contributed by atoms with Gasteiger partial charge in [0.1, 0.15) is 24.2 Å². The minimum Gasteiger partial charge on any atom is -0.480 e. The van der Waals surface area contributed by atoms with Crippen molar-refractivity contribution in [3.8, 4) is 0 Å². The van der Waals surface area contributed by atoms with Gasteiger partial charge in [0.05, 0.1) is 0 Å². The predicted octanol–water partition coefficient (Wildman–Crippen LogP) is -0.335. The minimum atomic E-state index is -1.33. The summed E-state index contributed by atoms with van der Waals surface area (Å²) < 4.78 is 0.947. The van der Waals surface area contributed by atoms with Crippen LogP contribution in [0.15, 0.2) is 53.5 Å². The fourth-order valence-corrected chi connectivity index (χ4v) is 5.71. The molecule has 5 amide bonds. The van der Waals surface area contributed by atoms with E-state index in [0.29, 0.717) is 12.0 Å². The normalized spacial score (nSPS) is 15.5. The van der Waals surface area contributed by atoms with Crippen molar-refractivity contribution in [1.82, 2.24) is 20.9 Å². The van der Waals surface area contributed by atoms with E-state index in [1.54, 1.807) is 24.3 Å². The molecule has 10 N–H and O–H groups in total. The van der Waals surface area contributed by atoms with Gasteiger partial charge in [-0.2, -0.15) is 0 Å². The number of carbonyl (C=O) groups is 6. The number of nitrogens with two attached hydrogens (primary N) is 3. The van der Waals surface area contributed by atoms with Gasteiger partial charge in [0.25, 0.3) is 0 Å². The first-order chi connectivity index (χ1) is 22.7. The van der Waals surface area contributed by atoms with Crippen LogP contribution in [0.2, 0.25) is 0 Å². The van der Waals surface area contributed by atoms with Crippen molar-refractivity contribution < 1.29 is 33.9 Å². The summed E-state index contributed by atoms with van der Waals surface area (Å²) in [4.78, 5) is 82.4. The molecule has 0 bridgehead atoms. The molecule has 1 aliphatic heterocycles. The summed E-state index contributed by atoms with van der Waals surface area (Å²) in [5, 5.41) is 17.9. The van der Waals surface area contributed by atoms with Crippen molar-refractivity contribution in [2.24, 2.45) is 22.2 Å². The maximum atomic E-state index is 14.2. The molecular weight excluding hydrogens is 735 g/mol. The van der Waals surface area contributed by atoms with E-state index in [4.69, 9.17) is 17.2 Å². The Hall–Kier alpha value is -4.74. The Bertz CT molecular complexity index is 1530. The number of guanidine groups is 1. The Labute approximate surface area is 291 Å². The number of fused-ring (bicyclic) bond motifs is 1. The number of nitrogens with zero attached hydrogens (tertiary/aromatic N) is 2. The Balaban J connectivity index is 1.90. The van der Waals surface area contributed by atoms with Gasteiger partial charge in [-0.15, -0.1) is 0 Å². The zero-order valence-electron chi connectivity index (χ0n) is 26.5. The van der Waals surface area contributed by atoms with Crippen molar-refractivity contribution in [1.29, 1.82) is 0 Å². The zero-order chi connectivity index (χ0) is 35.4. The smallest absolute Gasteiger partial charge is 0.326 e. The van der Waals surface area contributed by atoms with Crippen LogP contribution in [0.25, 0.3) is 0 Å². The molecule has 0 aliphatic carbocycles. The summed E-state index contributed by atoms with van der Waals surface area (Å²) in [6, 6.07) is 9.70. The molecule has 258 valence electrons. The number of nitrogens with one attached hydrogen (secondary N) is 3. The van der Waals surface area contributed by atoms with Crippen LogP contribution < -0.4 is 33.2 Å². The molecule has 2 aromatic rings. The maximum Gasteiger partial charge on any atom is 0.326 e. The van der Waals surface area contributed by atoms with E-state index in [-0.39, 0.29) is 51.2 Å². The number of hydrogen-bond acceptors (Lipinski definition) is 7. The van der Waals surface area contributed by atoms with Gasteiger partial charge in [-0.1, -0.05) is 36.4 Å². The first-order valence-electron chi connectivity index (χ1n) is 15.3. The molecule has 1 aliphatic rings. The lowest BCUT2D eigenvalue weighted by Gasteiger charge is -2.37. The molecule has 4 atom stereocenters. The Morgan fingerprint density at radius 2 is 1.50 bits per heavy atom. The van der Waals surface area contributed by atoms with E-state index >= 15 is 0 Å². The molecule has 0 fully saturated rings. The summed E-state index contributed by atoms with van der Waals surface area (Å²) in [5.41, 5.74) is 18.4. The van der Waals surface area contributed by atoms with Crippen LogP contribution in [-0.2, 0) is 48.2 Å². The molecule has 15 nitrogen and oxygen atoms in total. The molecule has 0 saturated carbocycles. The van der Waals surface area contributed by atoms with Gasteiger partial charge in [0, 0.05) is 42.8 Å². The number of primary amides is 1. The van der Waals surface area contributed by atoms with Crippen LogP contribution >= 0.6 is 22.6 Å². The number of aliphatic carboxylic acids is 1. The van der Waals surface area contributed by atoms with E-state index in [0.717, 1.165) is 14.7 Å². The molecule has 0 unspecified atom stereocenters. The molecule has 3 rings (SSSR count). The number of rotatable bonds is 16. The minimum absolute atomic E-state index is 0.0156. The van der Waals surface area contributed by atoms with E-state index < -0.39 is 59.7 Å². The number of carbonyl (C=O) groups excluding carboxylic acids is 5. The van der Waals surface area contributed by atoms with E-state index in [1.807, 2.05) is 24.3 Å². The fourth-order valence-electron chi connectivity index (χ4n) is 5.35. The number of halogens is 1. The van der Waals surface area contributed by atoms with E-state index in [2.05, 4.69) is 43.5 Å². The number of amides is 5. The Morgan fingerprint density at radius 3 is 2.08 bits per heavy atom. The van der Waals surface area contributed by atoms with Crippen molar-refractivity contribution in [3.63, 3.8) is 0 Å². The molecule has 2 aromatic carbocycles. The fraction of sp³-hybridized carbons (Fsp3) is 0.406. The lowest BCUT2D eigenvalue weighted by molar-refractivity contribution is -0.152. The third-order valence-corrected chi connectivity index (χ3v) is 8.46. The topological polar surface area (TPSA) is 252 Å². The number of carboxylic acid groups (broad SMARTS) is 1. The summed E-state index contributed by atoms with van der Waals surface area (Å²) in [7, 11) is 0. The maximum absolute atomic E-state index is 14.2. The van der Waals surface area contributed by atoms with Crippen LogP contribution in [-0.4, -0.2) is 82.2 Å². The predicted molar refractivity (Wildman–Crippen MR) is 185 cm³/mol. The molecule has 0 spiro atoms. The highest BCUT2D eigenvalue weighted by molar-refractivity contribution is 14.1. The summed E-state index contributed by atoms with van der Waals surface area (Å²) in [6.07, 6.45) is 0.0899. The first-order valence-corrected chi connectivity index (χ1v) is 16.4. The largest absolute Gasteiger partial charge is 0.480 e. The Kier molecular flexibility index (Phi) is 14.1. The highest BCUT2D eigenvalue weighted by Crippen LogP contribution is 2.25. The second-order valence-corrected chi connectivity index (χ2v) is 12.7. The number of hydrogen-bond donors (Lipinski definition) is 7. The molecule has 0 aromatic heterocycles. The highest BCUT2D eigenvalue weighted by Gasteiger charge is 2.39. The summed E-state index contributed by atoms with van der Waals surface area (Å²) >= 11 is 2.14. The monoisotopic (exact) mass is 776 g/mol. The lowest BCUT2D eigenvalue weighted by Crippen LogP contribution is -2.59. The van der Waals surface area contributed by atoms with Crippen molar-refractivity contribution >= 4 is 64.1 Å². The third-order valence-electron chi connectivity index (χ3n) is 7.74. The van der Waals surface area contributed by atoms with Gasteiger partial charge in [-0.25, -0.2) is 4.79 Å². The SMILES string of the molecule is CC(=O)N[C@@H](CCCN=C(N)N)C(=O)N[C@@H](CCC(N)=O)C(=O)N[C@H](Cc1ccc(I)cc1)C(=O)N1Cc2ccccc2C[C@@H]1C(=O)O. The van der Waals surface area contributed by atoms with Gasteiger partial charge in [-0.05, 0) is 70.7 Å². The quantitative estimate of drug-likeness (QED) is 0.0509. The van der Waals surface area contributed by atoms with Gasteiger partial charge in [-0.3, -0.25) is 29.0 Å². The van der Waals surface area contributed by atoms with Gasteiger partial charge < -0.3 is 43.2 Å². The van der Waals surface area contributed by atoms with Crippen molar-refractivity contribution in [2.45, 2.75) is 76.2 Å². The Morgan fingerprint density at radius 1 is 0.896 bits per heavy atom. The molecule has 0 radical (unpaired) electrons. The molecule has 48 heavy (non-hydrogen) atoms. The second kappa shape index (κ2) is 18.0. The molecule has 16 heteroatoms. The molecule has 0 saturated heterocycles. The van der Waals surface area contributed by atoms with Crippen LogP contribution in [0.5, 0.6) is 0 Å². The summed E-state index contributed by atoms with van der Waals surface area (Å²) in [5.74, 6) is -4.66. The van der Waals surface area contributed by atoms with Crippen LogP contribution in [0.1, 0.15) is 49.3 Å². The van der Waals surface area contributed by atoms with Gasteiger partial charge >= 0.3 is 5.97 Å². The first kappa shape index (κ1) is 37.7. The number of aliphatic imine (C=N–C) groups is 1. The second-order valence-electron chi connectivity index (χ2n) is 11.5. The highest BCUT2D eigenvalue weighted by atomic mass is 127. The van der Waals surface area contributed by atoms with Crippen LogP contribution in [0.3, 0.4) is 0 Å². The third kappa shape index (κ3) is 11.5. The van der Waals surface area contributed by atoms with Crippen LogP contribution in [0.4, 0.5) is 0 Å². The van der Waals surface area contributed by atoms with E-state index in [1.165, 1.54) is 11.8 Å². The lowest BCUT2D eigenvalue weighted by atomic mass is 9.92. The summed E-state index contributed by atoms with van der Waals surface area (Å²) in [6.45, 7) is 1.45. The van der Waals surface area contributed by atoms with E-state index in [9.17, 15) is 33.9 Å². The number of benzene rings is 2. The zero-order valence-corrected chi connectivity index (χ0v) is 28.6. The number of carboxylic acids is 1. The van der Waals surface area contributed by atoms with Crippen molar-refractivity contribution in [2.75, 3.05) is 6.54 Å². The average Bonchev–Trinajstić information content (AvgIpc) is 3.03.